The molecule has 4 nitrogen and oxygen atoms in total. The molecule has 92 valence electrons. The van der Waals surface area contributed by atoms with Gasteiger partial charge in [0.1, 0.15) is 11.6 Å². The molecule has 0 fully saturated rings. The Morgan fingerprint density at radius 3 is 2.38 bits per heavy atom. The van der Waals surface area contributed by atoms with Crippen LogP contribution >= 0.6 is 0 Å². The van der Waals surface area contributed by atoms with E-state index >= 15 is 0 Å². The van der Waals surface area contributed by atoms with Crippen molar-refractivity contribution in [3.8, 4) is 0 Å². The molecule has 2 unspecified atom stereocenters. The molecule has 0 aromatic carbocycles. The van der Waals surface area contributed by atoms with Gasteiger partial charge >= 0.3 is 0 Å². The van der Waals surface area contributed by atoms with Gasteiger partial charge in [-0.05, 0) is 33.7 Å². The minimum Gasteiger partial charge on any atom is -0.315 e. The predicted molar refractivity (Wildman–Crippen MR) is 66.6 cm³/mol. The van der Waals surface area contributed by atoms with Crippen molar-refractivity contribution in [2.24, 2.45) is 0 Å². The second kappa shape index (κ2) is 5.99. The normalized spacial score (nSPS) is 15.1. The van der Waals surface area contributed by atoms with Gasteiger partial charge in [-0.1, -0.05) is 20.3 Å². The topological polar surface area (TPSA) is 42.7 Å². The van der Waals surface area contributed by atoms with Gasteiger partial charge in [0, 0.05) is 6.04 Å². The Hall–Kier alpha value is -0.900. The van der Waals surface area contributed by atoms with Crippen molar-refractivity contribution in [1.82, 2.24) is 20.1 Å². The third-order valence-electron chi connectivity index (χ3n) is 3.07. The monoisotopic (exact) mass is 224 g/mol. The van der Waals surface area contributed by atoms with Crippen LogP contribution in [0.3, 0.4) is 0 Å². The van der Waals surface area contributed by atoms with Crippen molar-refractivity contribution in [2.75, 3.05) is 7.05 Å². The summed E-state index contributed by atoms with van der Waals surface area (Å²) in [5.41, 5.74) is 0. The summed E-state index contributed by atoms with van der Waals surface area (Å²) >= 11 is 0. The van der Waals surface area contributed by atoms with Crippen LogP contribution in [0.4, 0.5) is 0 Å². The maximum absolute atomic E-state index is 4.50. The van der Waals surface area contributed by atoms with E-state index in [1.165, 1.54) is 12.8 Å². The van der Waals surface area contributed by atoms with E-state index in [4.69, 9.17) is 0 Å². The number of hydrogen-bond donors (Lipinski definition) is 1. The summed E-state index contributed by atoms with van der Waals surface area (Å²) in [6.45, 7) is 8.41. The molecular formula is C12H24N4. The number of aromatic nitrogens is 3. The van der Waals surface area contributed by atoms with E-state index in [-0.39, 0.29) is 0 Å². The molecule has 2 atom stereocenters. The fourth-order valence-electron chi connectivity index (χ4n) is 2.32. The molecule has 0 aliphatic carbocycles. The van der Waals surface area contributed by atoms with Gasteiger partial charge in [-0.3, -0.25) is 0 Å². The summed E-state index contributed by atoms with van der Waals surface area (Å²) in [5, 5.41) is 7.90. The van der Waals surface area contributed by atoms with Crippen molar-refractivity contribution in [3.05, 3.63) is 11.6 Å². The van der Waals surface area contributed by atoms with Crippen LogP contribution in [-0.4, -0.2) is 27.9 Å². The number of aryl methyl sites for hydroxylation is 2. The standard InChI is InChI=1S/C12H24N4/c1-6-8-11(13-5)12(7-2)16-10(4)14-9(3)15-16/h11-13H,6-8H2,1-5H3. The largest absolute Gasteiger partial charge is 0.315 e. The summed E-state index contributed by atoms with van der Waals surface area (Å²) in [7, 11) is 2.03. The highest BCUT2D eigenvalue weighted by Gasteiger charge is 2.22. The number of nitrogens with one attached hydrogen (secondary N) is 1. The zero-order chi connectivity index (χ0) is 12.1. The maximum Gasteiger partial charge on any atom is 0.147 e. The Bertz CT molecular complexity index is 319. The van der Waals surface area contributed by atoms with Crippen LogP contribution in [0, 0.1) is 13.8 Å². The first-order chi connectivity index (χ1) is 7.63. The third kappa shape index (κ3) is 2.82. The summed E-state index contributed by atoms with van der Waals surface area (Å²) in [6.07, 6.45) is 3.44. The number of nitrogens with zero attached hydrogens (tertiary/aromatic N) is 3. The Labute approximate surface area is 98.5 Å². The van der Waals surface area contributed by atoms with Crippen molar-refractivity contribution in [1.29, 1.82) is 0 Å². The van der Waals surface area contributed by atoms with Crippen LogP contribution < -0.4 is 5.32 Å². The third-order valence-corrected chi connectivity index (χ3v) is 3.07. The lowest BCUT2D eigenvalue weighted by molar-refractivity contribution is 0.308. The Balaban J connectivity index is 2.91. The zero-order valence-electron chi connectivity index (χ0n) is 11.1. The SMILES string of the molecule is CCCC(NC)C(CC)n1nc(C)nc1C. The van der Waals surface area contributed by atoms with Gasteiger partial charge in [0.05, 0.1) is 6.04 Å². The lowest BCUT2D eigenvalue weighted by atomic mass is 10.0. The fraction of sp³-hybridized carbons (Fsp3) is 0.833. The highest BCUT2D eigenvalue weighted by molar-refractivity contribution is 4.93. The van der Waals surface area contributed by atoms with Gasteiger partial charge in [-0.2, -0.15) is 5.10 Å². The van der Waals surface area contributed by atoms with Gasteiger partial charge in [-0.25, -0.2) is 9.67 Å². The van der Waals surface area contributed by atoms with E-state index in [1.807, 2.05) is 20.9 Å². The van der Waals surface area contributed by atoms with Crippen LogP contribution in [0.2, 0.25) is 0 Å². The molecule has 0 aliphatic rings. The molecule has 1 heterocycles. The molecule has 0 aliphatic heterocycles. The van der Waals surface area contributed by atoms with Crippen LogP contribution in [-0.2, 0) is 0 Å². The van der Waals surface area contributed by atoms with Gasteiger partial charge < -0.3 is 5.32 Å². The van der Waals surface area contributed by atoms with E-state index in [0.29, 0.717) is 12.1 Å². The molecule has 1 aromatic rings. The molecule has 16 heavy (non-hydrogen) atoms. The first-order valence-electron chi connectivity index (χ1n) is 6.21. The smallest absolute Gasteiger partial charge is 0.147 e. The van der Waals surface area contributed by atoms with Gasteiger partial charge in [0.15, 0.2) is 0 Å². The highest BCUT2D eigenvalue weighted by atomic mass is 15.4. The zero-order valence-corrected chi connectivity index (χ0v) is 11.1. The first-order valence-corrected chi connectivity index (χ1v) is 6.21. The molecule has 1 rings (SSSR count). The number of likely N-dealkylation sites (N-methyl/N-ethyl adjacent to an activating group) is 1. The molecule has 0 saturated carbocycles. The van der Waals surface area contributed by atoms with Gasteiger partial charge in [0.25, 0.3) is 0 Å². The van der Waals surface area contributed by atoms with E-state index in [0.717, 1.165) is 18.1 Å². The van der Waals surface area contributed by atoms with Crippen molar-refractivity contribution < 1.29 is 0 Å². The summed E-state index contributed by atoms with van der Waals surface area (Å²) in [5.74, 6) is 1.88. The van der Waals surface area contributed by atoms with E-state index in [1.54, 1.807) is 0 Å². The lowest BCUT2D eigenvalue weighted by Gasteiger charge is -2.26. The molecule has 1 aromatic heterocycles. The van der Waals surface area contributed by atoms with E-state index in [2.05, 4.69) is 33.9 Å². The maximum atomic E-state index is 4.50. The molecule has 0 amide bonds. The minimum absolute atomic E-state index is 0.408. The average molecular weight is 224 g/mol. The molecular weight excluding hydrogens is 200 g/mol. The molecule has 4 heteroatoms. The molecule has 0 spiro atoms. The van der Waals surface area contributed by atoms with Crippen LogP contribution in [0.15, 0.2) is 0 Å². The molecule has 0 radical (unpaired) electrons. The average Bonchev–Trinajstić information content (AvgIpc) is 2.58. The Morgan fingerprint density at radius 1 is 1.31 bits per heavy atom. The van der Waals surface area contributed by atoms with Crippen molar-refractivity contribution in [2.45, 2.75) is 59.0 Å². The van der Waals surface area contributed by atoms with E-state index < -0.39 is 0 Å². The van der Waals surface area contributed by atoms with E-state index in [9.17, 15) is 0 Å². The first kappa shape index (κ1) is 13.2. The predicted octanol–water partition coefficient (Wildman–Crippen LogP) is 2.23. The quantitative estimate of drug-likeness (QED) is 0.806. The highest BCUT2D eigenvalue weighted by Crippen LogP contribution is 2.20. The summed E-state index contributed by atoms with van der Waals surface area (Å²) in [6, 6.07) is 0.890. The summed E-state index contributed by atoms with van der Waals surface area (Å²) in [4.78, 5) is 4.38. The fourth-order valence-corrected chi connectivity index (χ4v) is 2.32. The number of rotatable bonds is 6. The number of hydrogen-bond acceptors (Lipinski definition) is 3. The lowest BCUT2D eigenvalue weighted by Crippen LogP contribution is -2.36. The van der Waals surface area contributed by atoms with Crippen molar-refractivity contribution >= 4 is 0 Å². The van der Waals surface area contributed by atoms with Crippen LogP contribution in [0.5, 0.6) is 0 Å². The van der Waals surface area contributed by atoms with Crippen molar-refractivity contribution in [3.63, 3.8) is 0 Å². The second-order valence-electron chi connectivity index (χ2n) is 4.31. The molecule has 1 N–H and O–H groups in total. The molecule has 0 saturated heterocycles. The Morgan fingerprint density at radius 2 is 2.00 bits per heavy atom. The van der Waals surface area contributed by atoms with Crippen LogP contribution in [0.1, 0.15) is 50.8 Å². The molecule has 0 bridgehead atoms. The summed E-state index contributed by atoms with van der Waals surface area (Å²) < 4.78 is 2.08. The van der Waals surface area contributed by atoms with Gasteiger partial charge in [-0.15, -0.1) is 0 Å². The van der Waals surface area contributed by atoms with Crippen LogP contribution in [0.25, 0.3) is 0 Å². The Kier molecular flexibility index (Phi) is 4.93. The minimum atomic E-state index is 0.408. The van der Waals surface area contributed by atoms with Gasteiger partial charge in [0.2, 0.25) is 0 Å². The second-order valence-corrected chi connectivity index (χ2v) is 4.31.